The summed E-state index contributed by atoms with van der Waals surface area (Å²) in [5.74, 6) is -0.390. The fourth-order valence-electron chi connectivity index (χ4n) is 7.50. The zero-order valence-corrected chi connectivity index (χ0v) is 21.5. The molecule has 2 aromatic carbocycles. The molecule has 2 unspecified atom stereocenters. The number of aromatic carboxylic acids is 1. The molecule has 0 spiro atoms. The number of halogens is 1. The third-order valence-electron chi connectivity index (χ3n) is 8.90. The van der Waals surface area contributed by atoms with E-state index in [1.807, 2.05) is 0 Å². The normalized spacial score (nSPS) is 30.4. The Morgan fingerprint density at radius 3 is 2.00 bits per heavy atom. The highest BCUT2D eigenvalue weighted by atomic mass is 35.5. The van der Waals surface area contributed by atoms with Crippen LogP contribution in [-0.2, 0) is 0 Å². The summed E-state index contributed by atoms with van der Waals surface area (Å²) < 4.78 is 0. The smallest absolute Gasteiger partial charge is 0.335 e. The number of amides is 3. The number of hydrogen-bond acceptors (Lipinski definition) is 3. The summed E-state index contributed by atoms with van der Waals surface area (Å²) in [5.41, 5.74) is 3.16. The lowest BCUT2D eigenvalue weighted by Crippen LogP contribution is -2.61. The first-order valence-corrected chi connectivity index (χ1v) is 13.6. The topological polar surface area (TPSA) is 98.7 Å². The molecule has 4 bridgehead atoms. The molecule has 0 radical (unpaired) electrons. The number of benzene rings is 2. The first-order valence-electron chi connectivity index (χ1n) is 13.2. The van der Waals surface area contributed by atoms with E-state index in [9.17, 15) is 14.4 Å². The van der Waals surface area contributed by atoms with Gasteiger partial charge in [0, 0.05) is 35.1 Å². The van der Waals surface area contributed by atoms with Crippen molar-refractivity contribution in [3.05, 3.63) is 70.8 Å². The molecule has 3 amide bonds. The van der Waals surface area contributed by atoms with Crippen molar-refractivity contribution in [2.45, 2.75) is 73.2 Å². The first-order chi connectivity index (χ1) is 17.7. The fourth-order valence-corrected chi connectivity index (χ4v) is 8.13. The van der Waals surface area contributed by atoms with Gasteiger partial charge in [0.25, 0.3) is 5.91 Å². The second-order valence-electron chi connectivity index (χ2n) is 11.5. The van der Waals surface area contributed by atoms with Gasteiger partial charge < -0.3 is 20.6 Å². The van der Waals surface area contributed by atoms with Gasteiger partial charge in [-0.15, -0.1) is 11.6 Å². The number of piperidine rings is 1. The van der Waals surface area contributed by atoms with Gasteiger partial charge >= 0.3 is 12.0 Å². The molecule has 8 heteroatoms. The van der Waals surface area contributed by atoms with Gasteiger partial charge in [0.2, 0.25) is 0 Å². The maximum absolute atomic E-state index is 13.2. The maximum atomic E-state index is 13.2. The van der Waals surface area contributed by atoms with E-state index in [1.54, 1.807) is 17.0 Å². The second kappa shape index (κ2) is 9.05. The Kier molecular flexibility index (Phi) is 5.94. The Bertz CT molecular complexity index is 1200. The van der Waals surface area contributed by atoms with Crippen molar-refractivity contribution >= 4 is 29.5 Å². The van der Waals surface area contributed by atoms with E-state index < -0.39 is 5.97 Å². The summed E-state index contributed by atoms with van der Waals surface area (Å²) in [7, 11) is 0. The summed E-state index contributed by atoms with van der Waals surface area (Å²) in [6.07, 6.45) is 5.96. The molecule has 2 aromatic rings. The second-order valence-corrected chi connectivity index (χ2v) is 12.3. The van der Waals surface area contributed by atoms with Gasteiger partial charge in [-0.3, -0.25) is 4.79 Å². The average Bonchev–Trinajstić information content (AvgIpc) is 3.01. The van der Waals surface area contributed by atoms with E-state index in [0.29, 0.717) is 43.3 Å². The largest absolute Gasteiger partial charge is 0.478 e. The van der Waals surface area contributed by atoms with Gasteiger partial charge in [-0.25, -0.2) is 9.59 Å². The summed E-state index contributed by atoms with van der Waals surface area (Å²) in [6.45, 7) is 1.08. The van der Waals surface area contributed by atoms with Crippen molar-refractivity contribution < 1.29 is 19.5 Å². The van der Waals surface area contributed by atoms with Gasteiger partial charge in [0.15, 0.2) is 0 Å². The van der Waals surface area contributed by atoms with Crippen LogP contribution in [0.3, 0.4) is 0 Å². The molecule has 3 N–H and O–H groups in total. The van der Waals surface area contributed by atoms with Gasteiger partial charge in [-0.05, 0) is 92.2 Å². The van der Waals surface area contributed by atoms with Crippen LogP contribution in [0.2, 0.25) is 0 Å². The van der Waals surface area contributed by atoms with Gasteiger partial charge in [-0.1, -0.05) is 24.3 Å². The van der Waals surface area contributed by atoms with Crippen molar-refractivity contribution in [1.82, 2.24) is 15.5 Å². The van der Waals surface area contributed by atoms with Crippen LogP contribution >= 0.6 is 11.6 Å². The molecule has 7 rings (SSSR count). The summed E-state index contributed by atoms with van der Waals surface area (Å²) in [4.78, 5) is 38.6. The number of nitrogens with one attached hydrogen (secondary N) is 2. The lowest BCUT2D eigenvalue weighted by atomic mass is 9.62. The number of rotatable bonds is 4. The molecule has 5 aliphatic rings. The molecule has 1 heterocycles. The van der Waals surface area contributed by atoms with Crippen molar-refractivity contribution in [3.63, 3.8) is 0 Å². The van der Waals surface area contributed by atoms with Crippen LogP contribution < -0.4 is 10.6 Å². The van der Waals surface area contributed by atoms with Crippen molar-refractivity contribution in [2.24, 2.45) is 0 Å². The van der Waals surface area contributed by atoms with Gasteiger partial charge in [0.05, 0.1) is 5.56 Å². The SMILES string of the molecule is O=C(NC1CCN(C(=O)c2ccc(C(=O)O)cc2)CC1)NC12CC3CC(Cl)(CC(C1)c1ccccc13)C2. The lowest BCUT2D eigenvalue weighted by Gasteiger charge is -2.52. The van der Waals surface area contributed by atoms with Gasteiger partial charge in [0.1, 0.15) is 0 Å². The van der Waals surface area contributed by atoms with E-state index in [1.165, 1.54) is 23.3 Å². The van der Waals surface area contributed by atoms with E-state index in [4.69, 9.17) is 16.7 Å². The molecule has 2 saturated carbocycles. The number of carboxylic acid groups (broad SMARTS) is 1. The van der Waals surface area contributed by atoms with Crippen LogP contribution in [-0.4, -0.2) is 57.5 Å². The Hall–Kier alpha value is -3.06. The highest BCUT2D eigenvalue weighted by Crippen LogP contribution is 2.61. The maximum Gasteiger partial charge on any atom is 0.335 e. The summed E-state index contributed by atoms with van der Waals surface area (Å²) in [6, 6.07) is 14.6. The average molecular weight is 522 g/mol. The summed E-state index contributed by atoms with van der Waals surface area (Å²) >= 11 is 7.17. The molecule has 4 aliphatic carbocycles. The molecule has 3 fully saturated rings. The van der Waals surface area contributed by atoms with Crippen LogP contribution in [0.15, 0.2) is 48.5 Å². The van der Waals surface area contributed by atoms with E-state index in [2.05, 4.69) is 34.9 Å². The number of carbonyl (C=O) groups is 3. The third-order valence-corrected chi connectivity index (χ3v) is 9.35. The molecule has 194 valence electrons. The number of alkyl halides is 1. The third kappa shape index (κ3) is 4.58. The minimum atomic E-state index is -1.01. The van der Waals surface area contributed by atoms with Crippen LogP contribution in [0, 0.1) is 0 Å². The first kappa shape index (κ1) is 24.3. The molecular formula is C29H32ClN3O4. The molecule has 2 atom stereocenters. The molecule has 1 saturated heterocycles. The quantitative estimate of drug-likeness (QED) is 0.500. The fraction of sp³-hybridized carbons (Fsp3) is 0.483. The van der Waals surface area contributed by atoms with Crippen LogP contribution in [0.25, 0.3) is 0 Å². The zero-order chi connectivity index (χ0) is 25.8. The highest BCUT2D eigenvalue weighted by molar-refractivity contribution is 6.24. The standard InChI is InChI=1S/C29H32ClN3O4/c30-28-13-20-15-29(17-28,16-21(14-28)24-4-2-1-3-23(20)24)32-27(37)31-22-9-11-33(12-10-22)25(34)18-5-7-19(8-6-18)26(35)36/h1-8,20-22H,9-17H2,(H,35,36)(H2,31,32,37). The molecular weight excluding hydrogens is 490 g/mol. The predicted octanol–water partition coefficient (Wildman–Crippen LogP) is 4.86. The molecule has 0 aromatic heterocycles. The minimum Gasteiger partial charge on any atom is -0.478 e. The monoisotopic (exact) mass is 521 g/mol. The number of urea groups is 1. The Labute approximate surface area is 221 Å². The lowest BCUT2D eigenvalue weighted by molar-refractivity contribution is 0.0686. The number of likely N-dealkylation sites (tertiary alicyclic amines) is 1. The predicted molar refractivity (Wildman–Crippen MR) is 140 cm³/mol. The van der Waals surface area contributed by atoms with E-state index >= 15 is 0 Å². The Balaban J connectivity index is 1.06. The Morgan fingerprint density at radius 1 is 0.865 bits per heavy atom. The van der Waals surface area contributed by atoms with Crippen molar-refractivity contribution in [1.29, 1.82) is 0 Å². The van der Waals surface area contributed by atoms with Crippen molar-refractivity contribution in [3.8, 4) is 0 Å². The molecule has 7 nitrogen and oxygen atoms in total. The van der Waals surface area contributed by atoms with Crippen LogP contribution in [0.4, 0.5) is 4.79 Å². The van der Waals surface area contributed by atoms with Crippen molar-refractivity contribution in [2.75, 3.05) is 13.1 Å². The highest BCUT2D eigenvalue weighted by Gasteiger charge is 2.57. The zero-order valence-electron chi connectivity index (χ0n) is 20.7. The van der Waals surface area contributed by atoms with Crippen LogP contribution in [0.1, 0.15) is 88.6 Å². The minimum absolute atomic E-state index is 0.00306. The van der Waals surface area contributed by atoms with Crippen LogP contribution in [0.5, 0.6) is 0 Å². The van der Waals surface area contributed by atoms with E-state index in [0.717, 1.165) is 32.1 Å². The molecule has 37 heavy (non-hydrogen) atoms. The van der Waals surface area contributed by atoms with Gasteiger partial charge in [-0.2, -0.15) is 0 Å². The number of nitrogens with zero attached hydrogens (tertiary/aromatic N) is 1. The molecule has 1 aliphatic heterocycles. The Morgan fingerprint density at radius 2 is 1.43 bits per heavy atom. The number of carboxylic acids is 1. The summed E-state index contributed by atoms with van der Waals surface area (Å²) in [5, 5.41) is 15.6. The number of carbonyl (C=O) groups excluding carboxylic acids is 2. The van der Waals surface area contributed by atoms with E-state index in [-0.39, 0.29) is 34.0 Å². The number of hydrogen-bond donors (Lipinski definition) is 3.